The third-order valence-corrected chi connectivity index (χ3v) is 5.97. The summed E-state index contributed by atoms with van der Waals surface area (Å²) in [5.41, 5.74) is 2.59. The molecule has 0 amide bonds. The van der Waals surface area contributed by atoms with Crippen LogP contribution in [-0.2, 0) is 13.0 Å². The van der Waals surface area contributed by atoms with E-state index in [-0.39, 0.29) is 23.2 Å². The number of fused-ring (bicyclic) bond motifs is 1. The highest BCUT2D eigenvalue weighted by atomic mass is 16.5. The van der Waals surface area contributed by atoms with Crippen molar-refractivity contribution < 1.29 is 18.8 Å². The molecule has 1 aliphatic carbocycles. The first-order valence-electron chi connectivity index (χ1n) is 11.1. The zero-order valence-corrected chi connectivity index (χ0v) is 15.4. The number of piperidine rings is 1. The van der Waals surface area contributed by atoms with E-state index in [0.29, 0.717) is 17.9 Å². The Morgan fingerprint density at radius 3 is 2.74 bits per heavy atom. The molecule has 2 aromatic carbocycles. The largest absolute Gasteiger partial charge is 0.504 e. The second-order valence-electron chi connectivity index (χ2n) is 7.79. The van der Waals surface area contributed by atoms with Crippen molar-refractivity contribution >= 4 is 5.78 Å². The number of ketones is 1. The number of phenols is 1. The molecule has 1 saturated heterocycles. The number of ether oxygens (including phenoxy) is 1. The molecule has 4 nitrogen and oxygen atoms in total. The monoisotopic (exact) mass is 368 g/mol. The Balaban J connectivity index is 1.34. The van der Waals surface area contributed by atoms with Gasteiger partial charge in [0.1, 0.15) is 0 Å². The Morgan fingerprint density at radius 2 is 2.00 bits per heavy atom. The molecule has 1 unspecified atom stereocenters. The Labute approximate surface area is 165 Å². The van der Waals surface area contributed by atoms with Crippen molar-refractivity contribution in [3.8, 4) is 11.5 Å². The van der Waals surface area contributed by atoms with Crippen molar-refractivity contribution in [2.45, 2.75) is 32.2 Å². The zero-order valence-electron chi connectivity index (χ0n) is 18.4. The summed E-state index contributed by atoms with van der Waals surface area (Å²) in [6.07, 6.45) is 3.57. The van der Waals surface area contributed by atoms with Gasteiger partial charge in [-0.25, -0.2) is 0 Å². The first-order chi connectivity index (χ1) is 14.3. The summed E-state index contributed by atoms with van der Waals surface area (Å²) in [4.78, 5) is 15.3. The molecule has 1 atom stereocenters. The minimum absolute atomic E-state index is 0.0486. The molecule has 0 spiro atoms. The molecule has 2 aliphatic rings. The normalized spacial score (nSPS) is 22.7. The molecule has 0 bridgehead atoms. The number of carbonyl (C=O) groups excluding carboxylic acids is 1. The highest BCUT2D eigenvalue weighted by Gasteiger charge is 2.34. The molecule has 0 aromatic heterocycles. The van der Waals surface area contributed by atoms with Gasteiger partial charge in [-0.3, -0.25) is 9.69 Å². The summed E-state index contributed by atoms with van der Waals surface area (Å²) < 4.78 is 26.6. The second-order valence-corrected chi connectivity index (χ2v) is 7.79. The highest BCUT2D eigenvalue weighted by molar-refractivity contribution is 6.02. The number of nitrogens with zero attached hydrogens (tertiary/aromatic N) is 1. The fourth-order valence-corrected chi connectivity index (χ4v) is 4.48. The van der Waals surface area contributed by atoms with Crippen LogP contribution in [0.4, 0.5) is 0 Å². The standard InChI is InChI=1S/C23H27NO3/c1-27-22-13-18-12-19(23(26)20(18)14-21(22)25)11-16-7-9-24(10-8-16)15-17-5-3-2-4-6-17/h2-6,13-14,16,19,25H,7-12,15H2,1H3/i1D3. The van der Waals surface area contributed by atoms with E-state index in [2.05, 4.69) is 29.2 Å². The van der Waals surface area contributed by atoms with Gasteiger partial charge in [0.25, 0.3) is 0 Å². The maximum atomic E-state index is 12.9. The number of Topliss-reactive ketones (excluding diaryl/α,β-unsaturated/α-hetero) is 1. The van der Waals surface area contributed by atoms with Crippen LogP contribution in [0, 0.1) is 11.8 Å². The molecule has 2 aromatic rings. The van der Waals surface area contributed by atoms with Gasteiger partial charge >= 0.3 is 0 Å². The predicted molar refractivity (Wildman–Crippen MR) is 105 cm³/mol. The van der Waals surface area contributed by atoms with Crippen molar-refractivity contribution in [3.63, 3.8) is 0 Å². The molecule has 0 saturated carbocycles. The third-order valence-electron chi connectivity index (χ3n) is 5.97. The summed E-state index contributed by atoms with van der Waals surface area (Å²) in [6, 6.07) is 13.3. The number of hydrogen-bond acceptors (Lipinski definition) is 4. The van der Waals surface area contributed by atoms with Gasteiger partial charge in [-0.2, -0.15) is 0 Å². The quantitative estimate of drug-likeness (QED) is 0.865. The Morgan fingerprint density at radius 1 is 1.22 bits per heavy atom. The number of benzene rings is 2. The van der Waals surface area contributed by atoms with Gasteiger partial charge in [-0.1, -0.05) is 30.3 Å². The van der Waals surface area contributed by atoms with Gasteiger partial charge in [0.05, 0.1) is 11.2 Å². The fraction of sp³-hybridized carbons (Fsp3) is 0.435. The predicted octanol–water partition coefficient (Wildman–Crippen LogP) is 4.06. The maximum Gasteiger partial charge on any atom is 0.166 e. The molecule has 1 aliphatic heterocycles. The molecule has 1 N–H and O–H groups in total. The lowest BCUT2D eigenvalue weighted by Gasteiger charge is -2.32. The van der Waals surface area contributed by atoms with Gasteiger partial charge in [0.15, 0.2) is 17.3 Å². The number of methoxy groups -OCH3 is 1. The van der Waals surface area contributed by atoms with Crippen LogP contribution in [0.3, 0.4) is 0 Å². The Kier molecular flexibility index (Phi) is 4.21. The molecule has 27 heavy (non-hydrogen) atoms. The number of rotatable bonds is 5. The second kappa shape index (κ2) is 7.73. The fourth-order valence-electron chi connectivity index (χ4n) is 4.48. The van der Waals surface area contributed by atoms with Gasteiger partial charge in [-0.15, -0.1) is 0 Å². The molecule has 142 valence electrons. The van der Waals surface area contributed by atoms with E-state index < -0.39 is 7.04 Å². The topological polar surface area (TPSA) is 49.8 Å². The van der Waals surface area contributed by atoms with Crippen LogP contribution in [0.5, 0.6) is 11.5 Å². The summed E-state index contributed by atoms with van der Waals surface area (Å²) in [5, 5.41) is 10.1. The zero-order chi connectivity index (χ0) is 21.3. The summed E-state index contributed by atoms with van der Waals surface area (Å²) in [6.45, 7) is 3.03. The number of aromatic hydroxyl groups is 1. The average molecular weight is 368 g/mol. The van der Waals surface area contributed by atoms with E-state index >= 15 is 0 Å². The van der Waals surface area contributed by atoms with Crippen molar-refractivity contribution in [3.05, 3.63) is 59.2 Å². The molecule has 1 fully saturated rings. The van der Waals surface area contributed by atoms with Crippen LogP contribution >= 0.6 is 0 Å². The van der Waals surface area contributed by atoms with Crippen LogP contribution in [0.2, 0.25) is 0 Å². The van der Waals surface area contributed by atoms with Gasteiger partial charge in [-0.05, 0) is 68.0 Å². The number of carbonyl (C=O) groups is 1. The van der Waals surface area contributed by atoms with E-state index in [1.54, 1.807) is 0 Å². The van der Waals surface area contributed by atoms with Crippen LogP contribution in [0.1, 0.15) is 44.9 Å². The van der Waals surface area contributed by atoms with Crippen molar-refractivity contribution in [2.75, 3.05) is 20.1 Å². The summed E-state index contributed by atoms with van der Waals surface area (Å²) >= 11 is 0. The lowest BCUT2D eigenvalue weighted by atomic mass is 9.85. The van der Waals surface area contributed by atoms with Gasteiger partial charge in [0, 0.05) is 18.0 Å². The van der Waals surface area contributed by atoms with Crippen molar-refractivity contribution in [2.24, 2.45) is 11.8 Å². The molecular formula is C23H27NO3. The Bertz CT molecular complexity index is 906. The van der Waals surface area contributed by atoms with E-state index in [0.717, 1.165) is 44.5 Å². The van der Waals surface area contributed by atoms with Gasteiger partial charge < -0.3 is 9.84 Å². The summed E-state index contributed by atoms with van der Waals surface area (Å²) in [5.74, 6) is 0.0667. The minimum Gasteiger partial charge on any atom is -0.504 e. The first kappa shape index (κ1) is 14.7. The molecule has 1 heterocycles. The van der Waals surface area contributed by atoms with E-state index in [1.165, 1.54) is 17.7 Å². The highest BCUT2D eigenvalue weighted by Crippen LogP contribution is 2.39. The smallest absolute Gasteiger partial charge is 0.166 e. The Hall–Kier alpha value is -2.33. The van der Waals surface area contributed by atoms with Gasteiger partial charge in [0.2, 0.25) is 0 Å². The SMILES string of the molecule is [2H]C([2H])([2H])Oc1cc2c(cc1O)C(=O)C(CC1CCN(Cc3ccccc3)CC1)C2. The lowest BCUT2D eigenvalue weighted by molar-refractivity contribution is 0.0895. The summed E-state index contributed by atoms with van der Waals surface area (Å²) in [7, 11) is -2.64. The first-order valence-corrected chi connectivity index (χ1v) is 9.64. The minimum atomic E-state index is -2.64. The van der Waals surface area contributed by atoms with E-state index in [9.17, 15) is 9.90 Å². The maximum absolute atomic E-state index is 12.9. The van der Waals surface area contributed by atoms with Crippen molar-refractivity contribution in [1.29, 1.82) is 0 Å². The van der Waals surface area contributed by atoms with Crippen molar-refractivity contribution in [1.82, 2.24) is 4.90 Å². The molecular weight excluding hydrogens is 338 g/mol. The number of hydrogen-bond donors (Lipinski definition) is 1. The third kappa shape index (κ3) is 3.86. The number of phenolic OH excluding ortho intramolecular Hbond substituents is 1. The van der Waals surface area contributed by atoms with E-state index in [4.69, 9.17) is 8.85 Å². The lowest BCUT2D eigenvalue weighted by Crippen LogP contribution is -2.34. The molecule has 4 rings (SSSR count). The van der Waals surface area contributed by atoms with Crippen LogP contribution in [-0.4, -0.2) is 35.9 Å². The molecule has 0 radical (unpaired) electrons. The molecule has 4 heteroatoms. The van der Waals surface area contributed by atoms with Crippen LogP contribution in [0.25, 0.3) is 0 Å². The van der Waals surface area contributed by atoms with E-state index in [1.807, 2.05) is 6.07 Å². The van der Waals surface area contributed by atoms with Crippen LogP contribution < -0.4 is 4.74 Å². The average Bonchev–Trinajstić information content (AvgIpc) is 2.98. The number of likely N-dealkylation sites (tertiary alicyclic amines) is 1. The van der Waals surface area contributed by atoms with Crippen LogP contribution in [0.15, 0.2) is 42.5 Å².